The van der Waals surface area contributed by atoms with Gasteiger partial charge in [0, 0.05) is 18.1 Å². The molecule has 1 aromatic rings. The number of nitrogens with zero attached hydrogens (tertiary/aromatic N) is 2. The number of aliphatic imine (C=N–C) groups is 1. The Morgan fingerprint density at radius 1 is 1.42 bits per heavy atom. The van der Waals surface area contributed by atoms with Crippen LogP contribution in [0.2, 0.25) is 5.02 Å². The first-order chi connectivity index (χ1) is 9.16. The summed E-state index contributed by atoms with van der Waals surface area (Å²) in [7, 11) is 1.99. The molecular weight excluding hydrogens is 262 g/mol. The Morgan fingerprint density at radius 3 is 2.74 bits per heavy atom. The van der Waals surface area contributed by atoms with Crippen molar-refractivity contribution in [1.82, 2.24) is 4.90 Å². The molecule has 0 heterocycles. The standard InChI is InChI=1S/C14H20ClN3O/c1-18(13-6-7-13)14(16)17-8-9-19-10-11-2-4-12(15)5-3-11/h2-5,13H,6-10H2,1H3,(H2,16,17). The molecular formula is C14H20ClN3O. The van der Waals surface area contributed by atoms with E-state index >= 15 is 0 Å². The molecule has 0 saturated heterocycles. The van der Waals surface area contributed by atoms with Gasteiger partial charge in [-0.3, -0.25) is 4.99 Å². The average molecular weight is 282 g/mol. The molecule has 1 aliphatic carbocycles. The predicted molar refractivity (Wildman–Crippen MR) is 78.4 cm³/mol. The van der Waals surface area contributed by atoms with Crippen molar-refractivity contribution in [2.75, 3.05) is 20.2 Å². The molecule has 0 atom stereocenters. The van der Waals surface area contributed by atoms with Gasteiger partial charge in [-0.25, -0.2) is 0 Å². The van der Waals surface area contributed by atoms with E-state index in [1.54, 1.807) is 0 Å². The maximum Gasteiger partial charge on any atom is 0.191 e. The third-order valence-corrected chi connectivity index (χ3v) is 3.40. The number of nitrogens with two attached hydrogens (primary N) is 1. The number of guanidine groups is 1. The first-order valence-corrected chi connectivity index (χ1v) is 6.89. The summed E-state index contributed by atoms with van der Waals surface area (Å²) in [4.78, 5) is 6.35. The Kier molecular flexibility index (Phi) is 5.05. The van der Waals surface area contributed by atoms with Crippen LogP contribution in [-0.4, -0.2) is 37.1 Å². The minimum absolute atomic E-state index is 0.571. The summed E-state index contributed by atoms with van der Waals surface area (Å²) >= 11 is 5.81. The van der Waals surface area contributed by atoms with Gasteiger partial charge in [-0.1, -0.05) is 23.7 Å². The van der Waals surface area contributed by atoms with Crippen molar-refractivity contribution in [3.8, 4) is 0 Å². The van der Waals surface area contributed by atoms with E-state index in [4.69, 9.17) is 22.1 Å². The fraction of sp³-hybridized carbons (Fsp3) is 0.500. The Hall–Kier alpha value is -1.26. The molecule has 1 aromatic carbocycles. The second-order valence-corrected chi connectivity index (χ2v) is 5.20. The predicted octanol–water partition coefficient (Wildman–Crippen LogP) is 2.27. The van der Waals surface area contributed by atoms with Gasteiger partial charge in [-0.15, -0.1) is 0 Å². The smallest absolute Gasteiger partial charge is 0.191 e. The van der Waals surface area contributed by atoms with Gasteiger partial charge in [0.1, 0.15) is 0 Å². The minimum atomic E-state index is 0.571. The van der Waals surface area contributed by atoms with Crippen molar-refractivity contribution in [2.24, 2.45) is 10.7 Å². The highest BCUT2D eigenvalue weighted by Crippen LogP contribution is 2.24. The first kappa shape index (κ1) is 14.2. The highest BCUT2D eigenvalue weighted by Gasteiger charge is 2.27. The SMILES string of the molecule is CN(C(N)=NCCOCc1ccc(Cl)cc1)C1CC1. The molecule has 0 radical (unpaired) electrons. The third kappa shape index (κ3) is 4.73. The summed E-state index contributed by atoms with van der Waals surface area (Å²) in [5, 5.41) is 0.740. The summed E-state index contributed by atoms with van der Waals surface area (Å²) < 4.78 is 5.54. The lowest BCUT2D eigenvalue weighted by Gasteiger charge is -2.16. The highest BCUT2D eigenvalue weighted by molar-refractivity contribution is 6.30. The Balaban J connectivity index is 1.63. The van der Waals surface area contributed by atoms with Crippen LogP contribution in [0.3, 0.4) is 0 Å². The van der Waals surface area contributed by atoms with Crippen molar-refractivity contribution >= 4 is 17.6 Å². The number of hydrogen-bond acceptors (Lipinski definition) is 2. The zero-order valence-electron chi connectivity index (χ0n) is 11.2. The normalized spacial score (nSPS) is 15.6. The molecule has 2 N–H and O–H groups in total. The molecule has 1 saturated carbocycles. The van der Waals surface area contributed by atoms with Gasteiger partial charge in [-0.05, 0) is 30.5 Å². The Labute approximate surface area is 119 Å². The maximum atomic E-state index is 5.87. The molecule has 4 nitrogen and oxygen atoms in total. The van der Waals surface area contributed by atoms with E-state index in [9.17, 15) is 0 Å². The maximum absolute atomic E-state index is 5.87. The molecule has 19 heavy (non-hydrogen) atoms. The van der Waals surface area contributed by atoms with Crippen LogP contribution < -0.4 is 5.73 Å². The molecule has 5 heteroatoms. The van der Waals surface area contributed by atoms with Gasteiger partial charge in [0.2, 0.25) is 0 Å². The van der Waals surface area contributed by atoms with Crippen LogP contribution >= 0.6 is 11.6 Å². The quantitative estimate of drug-likeness (QED) is 0.494. The zero-order chi connectivity index (χ0) is 13.7. The van der Waals surface area contributed by atoms with Crippen LogP contribution in [-0.2, 0) is 11.3 Å². The van der Waals surface area contributed by atoms with Crippen molar-refractivity contribution in [1.29, 1.82) is 0 Å². The van der Waals surface area contributed by atoms with Crippen LogP contribution in [0.5, 0.6) is 0 Å². The monoisotopic (exact) mass is 281 g/mol. The molecule has 0 aliphatic heterocycles. The fourth-order valence-electron chi connectivity index (χ4n) is 1.76. The molecule has 0 bridgehead atoms. The Bertz CT molecular complexity index is 429. The highest BCUT2D eigenvalue weighted by atomic mass is 35.5. The van der Waals surface area contributed by atoms with Gasteiger partial charge in [0.05, 0.1) is 19.8 Å². The van der Waals surface area contributed by atoms with Crippen LogP contribution in [0.4, 0.5) is 0 Å². The molecule has 0 amide bonds. The largest absolute Gasteiger partial charge is 0.375 e. The average Bonchev–Trinajstić information content (AvgIpc) is 3.24. The fourth-order valence-corrected chi connectivity index (χ4v) is 1.88. The van der Waals surface area contributed by atoms with Crippen LogP contribution in [0.1, 0.15) is 18.4 Å². The van der Waals surface area contributed by atoms with Crippen LogP contribution in [0.25, 0.3) is 0 Å². The third-order valence-electron chi connectivity index (χ3n) is 3.15. The number of hydrogen-bond donors (Lipinski definition) is 1. The number of rotatable bonds is 6. The molecule has 0 aromatic heterocycles. The first-order valence-electron chi connectivity index (χ1n) is 6.52. The molecule has 0 spiro atoms. The summed E-state index contributed by atoms with van der Waals surface area (Å²) in [5.41, 5.74) is 6.98. The van der Waals surface area contributed by atoms with E-state index in [2.05, 4.69) is 4.99 Å². The molecule has 0 unspecified atom stereocenters. The van der Waals surface area contributed by atoms with Crippen molar-refractivity contribution in [3.05, 3.63) is 34.9 Å². The van der Waals surface area contributed by atoms with E-state index < -0.39 is 0 Å². The zero-order valence-corrected chi connectivity index (χ0v) is 11.9. The second kappa shape index (κ2) is 6.78. The van der Waals surface area contributed by atoms with E-state index in [-0.39, 0.29) is 0 Å². The van der Waals surface area contributed by atoms with E-state index in [0.29, 0.717) is 31.8 Å². The lowest BCUT2D eigenvalue weighted by atomic mass is 10.2. The second-order valence-electron chi connectivity index (χ2n) is 4.76. The Morgan fingerprint density at radius 2 is 2.11 bits per heavy atom. The lowest BCUT2D eigenvalue weighted by Crippen LogP contribution is -2.36. The lowest BCUT2D eigenvalue weighted by molar-refractivity contribution is 0.128. The van der Waals surface area contributed by atoms with E-state index in [1.807, 2.05) is 36.2 Å². The van der Waals surface area contributed by atoms with Crippen LogP contribution in [0, 0.1) is 0 Å². The number of ether oxygens (including phenoxy) is 1. The van der Waals surface area contributed by atoms with Crippen molar-refractivity contribution in [2.45, 2.75) is 25.5 Å². The van der Waals surface area contributed by atoms with Gasteiger partial charge < -0.3 is 15.4 Å². The number of halogens is 1. The van der Waals surface area contributed by atoms with E-state index in [0.717, 1.165) is 10.6 Å². The minimum Gasteiger partial charge on any atom is -0.375 e. The summed E-state index contributed by atoms with van der Waals surface area (Å²) in [6, 6.07) is 8.24. The van der Waals surface area contributed by atoms with Gasteiger partial charge in [0.15, 0.2) is 5.96 Å². The summed E-state index contributed by atoms with van der Waals surface area (Å²) in [6.07, 6.45) is 2.44. The van der Waals surface area contributed by atoms with Gasteiger partial charge in [0.25, 0.3) is 0 Å². The van der Waals surface area contributed by atoms with Gasteiger partial charge >= 0.3 is 0 Å². The molecule has 1 fully saturated rings. The molecule has 104 valence electrons. The van der Waals surface area contributed by atoms with Crippen molar-refractivity contribution in [3.63, 3.8) is 0 Å². The van der Waals surface area contributed by atoms with E-state index in [1.165, 1.54) is 12.8 Å². The topological polar surface area (TPSA) is 50.8 Å². The molecule has 1 aliphatic rings. The summed E-state index contributed by atoms with van der Waals surface area (Å²) in [5.74, 6) is 0.609. The number of benzene rings is 1. The van der Waals surface area contributed by atoms with Gasteiger partial charge in [-0.2, -0.15) is 0 Å². The molecule has 2 rings (SSSR count). The van der Waals surface area contributed by atoms with Crippen LogP contribution in [0.15, 0.2) is 29.3 Å². The summed E-state index contributed by atoms with van der Waals surface area (Å²) in [6.45, 7) is 1.74. The van der Waals surface area contributed by atoms with Crippen molar-refractivity contribution < 1.29 is 4.74 Å².